The van der Waals surface area contributed by atoms with E-state index >= 15 is 0 Å². The molecule has 0 aromatic carbocycles. The van der Waals surface area contributed by atoms with E-state index in [0.717, 1.165) is 18.8 Å². The summed E-state index contributed by atoms with van der Waals surface area (Å²) in [7, 11) is 0. The van der Waals surface area contributed by atoms with Gasteiger partial charge in [0.2, 0.25) is 0 Å². The maximum Gasteiger partial charge on any atom is 0.0445 e. The molecule has 2 heteroatoms. The molecular formula is C12H25NO. The number of aliphatic hydroxyl groups excluding tert-OH is 1. The highest BCUT2D eigenvalue weighted by atomic mass is 16.3. The molecule has 0 aromatic heterocycles. The molecule has 84 valence electrons. The van der Waals surface area contributed by atoms with Crippen molar-refractivity contribution in [3.63, 3.8) is 0 Å². The summed E-state index contributed by atoms with van der Waals surface area (Å²) in [4.78, 5) is 0. The van der Waals surface area contributed by atoms with Gasteiger partial charge in [-0.2, -0.15) is 0 Å². The smallest absolute Gasteiger partial charge is 0.0445 e. The van der Waals surface area contributed by atoms with Crippen molar-refractivity contribution in [1.29, 1.82) is 0 Å². The van der Waals surface area contributed by atoms with Gasteiger partial charge in [-0.1, -0.05) is 26.2 Å². The number of hydrogen-bond acceptors (Lipinski definition) is 2. The van der Waals surface area contributed by atoms with Crippen LogP contribution in [0.1, 0.15) is 51.9 Å². The summed E-state index contributed by atoms with van der Waals surface area (Å²) in [6.07, 6.45) is 9.12. The molecular weight excluding hydrogens is 174 g/mol. The van der Waals surface area contributed by atoms with Gasteiger partial charge in [0.05, 0.1) is 0 Å². The molecule has 0 aliphatic heterocycles. The quantitative estimate of drug-likeness (QED) is 0.688. The zero-order valence-corrected chi connectivity index (χ0v) is 9.47. The summed E-state index contributed by atoms with van der Waals surface area (Å²) < 4.78 is 0. The molecule has 1 fully saturated rings. The number of aliphatic hydroxyl groups is 1. The molecule has 1 rings (SSSR count). The largest absolute Gasteiger partial charge is 0.396 e. The normalized spacial score (nSPS) is 21.0. The van der Waals surface area contributed by atoms with E-state index in [4.69, 9.17) is 5.11 Å². The fourth-order valence-electron chi connectivity index (χ4n) is 2.33. The maximum absolute atomic E-state index is 8.86. The van der Waals surface area contributed by atoms with Gasteiger partial charge in [-0.05, 0) is 38.1 Å². The second-order valence-corrected chi connectivity index (χ2v) is 4.53. The molecule has 2 N–H and O–H groups in total. The minimum atomic E-state index is 0.316. The Balaban J connectivity index is 2.10. The molecule has 1 aliphatic carbocycles. The Bertz CT molecular complexity index is 128. The second-order valence-electron chi connectivity index (χ2n) is 4.53. The number of rotatable bonds is 6. The van der Waals surface area contributed by atoms with E-state index in [1.165, 1.54) is 38.6 Å². The molecule has 1 unspecified atom stereocenters. The summed E-state index contributed by atoms with van der Waals surface area (Å²) >= 11 is 0. The third-order valence-corrected chi connectivity index (χ3v) is 3.39. The molecule has 1 atom stereocenters. The van der Waals surface area contributed by atoms with E-state index in [1.807, 2.05) is 0 Å². The van der Waals surface area contributed by atoms with Crippen molar-refractivity contribution in [2.75, 3.05) is 13.2 Å². The summed E-state index contributed by atoms with van der Waals surface area (Å²) in [5.41, 5.74) is 0. The molecule has 0 amide bonds. The monoisotopic (exact) mass is 199 g/mol. The highest BCUT2D eigenvalue weighted by Gasteiger charge is 2.14. The Morgan fingerprint density at radius 2 is 2.00 bits per heavy atom. The molecule has 1 saturated carbocycles. The summed E-state index contributed by atoms with van der Waals surface area (Å²) in [6.45, 7) is 3.67. The van der Waals surface area contributed by atoms with Crippen LogP contribution in [0.3, 0.4) is 0 Å². The number of nitrogens with one attached hydrogen (secondary N) is 1. The van der Waals surface area contributed by atoms with Crippen molar-refractivity contribution in [2.24, 2.45) is 5.92 Å². The Hall–Kier alpha value is -0.0800. The van der Waals surface area contributed by atoms with E-state index in [-0.39, 0.29) is 0 Å². The van der Waals surface area contributed by atoms with Gasteiger partial charge in [0.25, 0.3) is 0 Å². The van der Waals surface area contributed by atoms with Crippen molar-refractivity contribution in [3.8, 4) is 0 Å². The van der Waals surface area contributed by atoms with Crippen LogP contribution >= 0.6 is 0 Å². The Morgan fingerprint density at radius 1 is 1.29 bits per heavy atom. The average molecular weight is 199 g/mol. The van der Waals surface area contributed by atoms with Crippen LogP contribution < -0.4 is 5.32 Å². The topological polar surface area (TPSA) is 32.3 Å². The molecule has 0 radical (unpaired) electrons. The SMILES string of the molecule is CCC(CCO)NCC1CCCCC1. The van der Waals surface area contributed by atoms with Gasteiger partial charge in [0, 0.05) is 12.6 Å². The van der Waals surface area contributed by atoms with Crippen LogP contribution in [0.4, 0.5) is 0 Å². The number of hydrogen-bond donors (Lipinski definition) is 2. The van der Waals surface area contributed by atoms with Crippen LogP contribution in [0.5, 0.6) is 0 Å². The highest BCUT2D eigenvalue weighted by Crippen LogP contribution is 2.22. The average Bonchev–Trinajstić information content (AvgIpc) is 2.25. The van der Waals surface area contributed by atoms with E-state index in [1.54, 1.807) is 0 Å². The van der Waals surface area contributed by atoms with Crippen LogP contribution in [-0.4, -0.2) is 24.3 Å². The summed E-state index contributed by atoms with van der Waals surface area (Å²) in [6, 6.07) is 0.530. The second kappa shape index (κ2) is 7.24. The summed E-state index contributed by atoms with van der Waals surface area (Å²) in [5, 5.41) is 12.4. The Morgan fingerprint density at radius 3 is 2.57 bits per heavy atom. The van der Waals surface area contributed by atoms with E-state index < -0.39 is 0 Å². The molecule has 0 heterocycles. The van der Waals surface area contributed by atoms with Gasteiger partial charge in [0.1, 0.15) is 0 Å². The maximum atomic E-state index is 8.86. The molecule has 2 nitrogen and oxygen atoms in total. The molecule has 0 bridgehead atoms. The first kappa shape index (κ1) is 12.0. The zero-order chi connectivity index (χ0) is 10.2. The standard InChI is InChI=1S/C12H25NO/c1-2-12(8-9-14)13-10-11-6-4-3-5-7-11/h11-14H,2-10H2,1H3. The van der Waals surface area contributed by atoms with Crippen molar-refractivity contribution >= 4 is 0 Å². The highest BCUT2D eigenvalue weighted by molar-refractivity contribution is 4.71. The Kier molecular flexibility index (Phi) is 6.20. The van der Waals surface area contributed by atoms with Crippen molar-refractivity contribution in [2.45, 2.75) is 57.9 Å². The van der Waals surface area contributed by atoms with Gasteiger partial charge >= 0.3 is 0 Å². The predicted molar refractivity (Wildman–Crippen MR) is 60.4 cm³/mol. The third kappa shape index (κ3) is 4.43. The fraction of sp³-hybridized carbons (Fsp3) is 1.00. The zero-order valence-electron chi connectivity index (χ0n) is 9.47. The Labute approximate surface area is 88.1 Å². The van der Waals surface area contributed by atoms with Crippen LogP contribution in [0.15, 0.2) is 0 Å². The van der Waals surface area contributed by atoms with Crippen molar-refractivity contribution in [1.82, 2.24) is 5.32 Å². The third-order valence-electron chi connectivity index (χ3n) is 3.39. The first-order chi connectivity index (χ1) is 6.86. The first-order valence-electron chi connectivity index (χ1n) is 6.21. The van der Waals surface area contributed by atoms with Gasteiger partial charge in [0.15, 0.2) is 0 Å². The van der Waals surface area contributed by atoms with Crippen molar-refractivity contribution < 1.29 is 5.11 Å². The molecule has 0 aromatic rings. The summed E-state index contributed by atoms with van der Waals surface area (Å²) in [5.74, 6) is 0.900. The lowest BCUT2D eigenvalue weighted by Crippen LogP contribution is -2.34. The van der Waals surface area contributed by atoms with E-state index in [2.05, 4.69) is 12.2 Å². The lowest BCUT2D eigenvalue weighted by atomic mass is 9.89. The lowest BCUT2D eigenvalue weighted by molar-refractivity contribution is 0.252. The minimum absolute atomic E-state index is 0.316. The molecule has 14 heavy (non-hydrogen) atoms. The first-order valence-corrected chi connectivity index (χ1v) is 6.21. The van der Waals surface area contributed by atoms with Crippen molar-refractivity contribution in [3.05, 3.63) is 0 Å². The van der Waals surface area contributed by atoms with Crippen LogP contribution in [0.2, 0.25) is 0 Å². The lowest BCUT2D eigenvalue weighted by Gasteiger charge is -2.24. The minimum Gasteiger partial charge on any atom is -0.396 e. The molecule has 0 spiro atoms. The van der Waals surface area contributed by atoms with Gasteiger partial charge in [-0.15, -0.1) is 0 Å². The van der Waals surface area contributed by atoms with Gasteiger partial charge < -0.3 is 10.4 Å². The van der Waals surface area contributed by atoms with Crippen LogP contribution in [0.25, 0.3) is 0 Å². The van der Waals surface area contributed by atoms with Gasteiger partial charge in [-0.3, -0.25) is 0 Å². The van der Waals surface area contributed by atoms with Crippen LogP contribution in [0, 0.1) is 5.92 Å². The predicted octanol–water partition coefficient (Wildman–Crippen LogP) is 2.32. The van der Waals surface area contributed by atoms with E-state index in [0.29, 0.717) is 12.6 Å². The van der Waals surface area contributed by atoms with Gasteiger partial charge in [-0.25, -0.2) is 0 Å². The fourth-order valence-corrected chi connectivity index (χ4v) is 2.33. The van der Waals surface area contributed by atoms with E-state index in [9.17, 15) is 0 Å². The molecule has 1 aliphatic rings. The molecule has 0 saturated heterocycles. The van der Waals surface area contributed by atoms with Crippen LogP contribution in [-0.2, 0) is 0 Å².